The molecule has 0 bridgehead atoms. The summed E-state index contributed by atoms with van der Waals surface area (Å²) in [5.74, 6) is -0.220. The van der Waals surface area contributed by atoms with Gasteiger partial charge in [0.2, 0.25) is 10.0 Å². The standard InChI is InChI=1S/C26H27N3O3S/c1-2-3-13-28-24-16-19(15-21-20-11-7-8-12-23(20)29-26(21)30)17-25(33(27,31)32)22(24)14-18-9-5-4-6-10-18/h4-12,15-17,28H,2-3,13-14H2,1H3,(H,29,30)(H2,27,31,32)/b21-15+. The zero-order valence-electron chi connectivity index (χ0n) is 18.5. The summed E-state index contributed by atoms with van der Waals surface area (Å²) in [4.78, 5) is 12.6. The molecule has 4 rings (SSSR count). The molecule has 0 fully saturated rings. The van der Waals surface area contributed by atoms with Crippen molar-refractivity contribution in [2.75, 3.05) is 17.2 Å². The third-order valence-corrected chi connectivity index (χ3v) is 6.61. The maximum atomic E-state index is 12.6. The van der Waals surface area contributed by atoms with Gasteiger partial charge in [-0.3, -0.25) is 4.79 Å². The number of primary sulfonamides is 1. The van der Waals surface area contributed by atoms with Gasteiger partial charge in [-0.25, -0.2) is 13.6 Å². The molecule has 0 aromatic heterocycles. The van der Waals surface area contributed by atoms with Crippen molar-refractivity contribution in [3.05, 3.63) is 89.0 Å². The van der Waals surface area contributed by atoms with Crippen LogP contribution in [0, 0.1) is 0 Å². The van der Waals surface area contributed by atoms with Crippen molar-refractivity contribution in [1.82, 2.24) is 0 Å². The second-order valence-electron chi connectivity index (χ2n) is 8.09. The van der Waals surface area contributed by atoms with Gasteiger partial charge in [0.25, 0.3) is 5.91 Å². The highest BCUT2D eigenvalue weighted by atomic mass is 32.2. The van der Waals surface area contributed by atoms with Crippen LogP contribution in [0.5, 0.6) is 0 Å². The minimum absolute atomic E-state index is 0.0615. The number of anilines is 2. The molecule has 4 N–H and O–H groups in total. The number of unbranched alkanes of at least 4 members (excludes halogenated alkanes) is 1. The number of nitrogens with one attached hydrogen (secondary N) is 2. The highest BCUT2D eigenvalue weighted by Gasteiger charge is 2.25. The summed E-state index contributed by atoms with van der Waals surface area (Å²) in [7, 11) is -4.01. The van der Waals surface area contributed by atoms with Gasteiger partial charge in [-0.15, -0.1) is 0 Å². The molecule has 3 aromatic carbocycles. The minimum Gasteiger partial charge on any atom is -0.385 e. The summed E-state index contributed by atoms with van der Waals surface area (Å²) < 4.78 is 25.3. The first-order valence-electron chi connectivity index (χ1n) is 11.0. The number of rotatable bonds is 8. The average Bonchev–Trinajstić information content (AvgIpc) is 3.10. The van der Waals surface area contributed by atoms with Crippen LogP contribution in [0.25, 0.3) is 11.6 Å². The van der Waals surface area contributed by atoms with E-state index >= 15 is 0 Å². The van der Waals surface area contributed by atoms with Gasteiger partial charge in [0.15, 0.2) is 0 Å². The van der Waals surface area contributed by atoms with Gasteiger partial charge in [0, 0.05) is 35.5 Å². The van der Waals surface area contributed by atoms with Crippen LogP contribution in [0.15, 0.2) is 71.6 Å². The van der Waals surface area contributed by atoms with Crippen molar-refractivity contribution in [2.45, 2.75) is 31.1 Å². The fourth-order valence-corrected chi connectivity index (χ4v) is 4.82. The first-order chi connectivity index (χ1) is 15.9. The predicted octanol–water partition coefficient (Wildman–Crippen LogP) is 4.63. The highest BCUT2D eigenvalue weighted by molar-refractivity contribution is 7.89. The van der Waals surface area contributed by atoms with E-state index in [-0.39, 0.29) is 10.8 Å². The van der Waals surface area contributed by atoms with Crippen molar-refractivity contribution < 1.29 is 13.2 Å². The van der Waals surface area contributed by atoms with Crippen LogP contribution in [-0.4, -0.2) is 20.9 Å². The second kappa shape index (κ2) is 9.60. The lowest BCUT2D eigenvalue weighted by atomic mass is 9.98. The van der Waals surface area contributed by atoms with Gasteiger partial charge >= 0.3 is 0 Å². The van der Waals surface area contributed by atoms with Crippen LogP contribution in [0.1, 0.15) is 42.0 Å². The van der Waals surface area contributed by atoms with Gasteiger partial charge in [-0.05, 0) is 47.4 Å². The van der Waals surface area contributed by atoms with Crippen molar-refractivity contribution in [3.63, 3.8) is 0 Å². The molecule has 1 amide bonds. The first-order valence-corrected chi connectivity index (χ1v) is 12.5. The van der Waals surface area contributed by atoms with Crippen molar-refractivity contribution >= 4 is 39.0 Å². The second-order valence-corrected chi connectivity index (χ2v) is 9.62. The summed E-state index contributed by atoms with van der Waals surface area (Å²) in [5.41, 5.74) is 4.92. The van der Waals surface area contributed by atoms with E-state index in [9.17, 15) is 13.2 Å². The molecule has 0 saturated heterocycles. The summed E-state index contributed by atoms with van der Waals surface area (Å²) in [5, 5.41) is 11.9. The van der Waals surface area contributed by atoms with Crippen LogP contribution in [0.2, 0.25) is 0 Å². The van der Waals surface area contributed by atoms with Crippen LogP contribution in [-0.2, 0) is 21.2 Å². The molecule has 1 aliphatic heterocycles. The number of fused-ring (bicyclic) bond motifs is 1. The van der Waals surface area contributed by atoms with E-state index in [1.165, 1.54) is 0 Å². The van der Waals surface area contributed by atoms with E-state index in [2.05, 4.69) is 17.6 Å². The lowest BCUT2D eigenvalue weighted by molar-refractivity contribution is -0.110. The molecule has 0 spiro atoms. The Labute approximate surface area is 194 Å². The molecule has 0 atom stereocenters. The molecule has 1 aliphatic rings. The Morgan fingerprint density at radius 2 is 1.76 bits per heavy atom. The number of hydrogen-bond donors (Lipinski definition) is 3. The Balaban J connectivity index is 1.85. The van der Waals surface area contributed by atoms with E-state index in [1.807, 2.05) is 60.7 Å². The monoisotopic (exact) mass is 461 g/mol. The summed E-state index contributed by atoms with van der Waals surface area (Å²) in [6, 6.07) is 20.5. The maximum Gasteiger partial charge on any atom is 0.256 e. The molecule has 6 nitrogen and oxygen atoms in total. The molecule has 7 heteroatoms. The summed E-state index contributed by atoms with van der Waals surface area (Å²) >= 11 is 0. The smallest absolute Gasteiger partial charge is 0.256 e. The van der Waals surface area contributed by atoms with Gasteiger partial charge in [0.1, 0.15) is 0 Å². The number of amides is 1. The molecular formula is C26H27N3O3S. The Kier molecular flexibility index (Phi) is 6.62. The fourth-order valence-electron chi connectivity index (χ4n) is 3.99. The number of hydrogen-bond acceptors (Lipinski definition) is 4. The quantitative estimate of drug-likeness (QED) is 0.336. The maximum absolute atomic E-state index is 12.6. The molecule has 0 radical (unpaired) electrons. The molecule has 3 aromatic rings. The normalized spacial score (nSPS) is 14.2. The number of benzene rings is 3. The molecule has 33 heavy (non-hydrogen) atoms. The molecular weight excluding hydrogens is 434 g/mol. The predicted molar refractivity (Wildman–Crippen MR) is 133 cm³/mol. The fraction of sp³-hybridized carbons (Fsp3) is 0.192. The molecule has 170 valence electrons. The summed E-state index contributed by atoms with van der Waals surface area (Å²) in [6.45, 7) is 2.80. The lowest BCUT2D eigenvalue weighted by Crippen LogP contribution is -2.17. The molecule has 0 aliphatic carbocycles. The van der Waals surface area contributed by atoms with E-state index in [0.29, 0.717) is 35.4 Å². The number of nitrogens with two attached hydrogens (primary N) is 1. The third-order valence-electron chi connectivity index (χ3n) is 5.63. The Hall–Kier alpha value is -3.42. The highest BCUT2D eigenvalue weighted by Crippen LogP contribution is 2.35. The number of carbonyl (C=O) groups is 1. The molecule has 0 unspecified atom stereocenters. The van der Waals surface area contributed by atoms with E-state index in [1.54, 1.807) is 12.1 Å². The Morgan fingerprint density at radius 1 is 1.03 bits per heavy atom. The van der Waals surface area contributed by atoms with Crippen LogP contribution >= 0.6 is 0 Å². The van der Waals surface area contributed by atoms with Crippen LogP contribution in [0.4, 0.5) is 11.4 Å². The zero-order chi connectivity index (χ0) is 23.4. The average molecular weight is 462 g/mol. The van der Waals surface area contributed by atoms with Gasteiger partial charge < -0.3 is 10.6 Å². The van der Waals surface area contributed by atoms with Crippen LogP contribution < -0.4 is 15.8 Å². The lowest BCUT2D eigenvalue weighted by Gasteiger charge is -2.17. The van der Waals surface area contributed by atoms with E-state index in [4.69, 9.17) is 5.14 Å². The van der Waals surface area contributed by atoms with Crippen molar-refractivity contribution in [1.29, 1.82) is 0 Å². The van der Waals surface area contributed by atoms with Crippen molar-refractivity contribution in [2.24, 2.45) is 5.14 Å². The van der Waals surface area contributed by atoms with Gasteiger partial charge in [0.05, 0.1) is 4.90 Å². The molecule has 0 saturated carbocycles. The number of para-hydroxylation sites is 1. The van der Waals surface area contributed by atoms with E-state index < -0.39 is 10.0 Å². The van der Waals surface area contributed by atoms with Gasteiger partial charge in [-0.2, -0.15) is 0 Å². The Bertz CT molecular complexity index is 1320. The third kappa shape index (κ3) is 5.16. The van der Waals surface area contributed by atoms with Gasteiger partial charge in [-0.1, -0.05) is 61.9 Å². The largest absolute Gasteiger partial charge is 0.385 e. The zero-order valence-corrected chi connectivity index (χ0v) is 19.3. The number of carbonyl (C=O) groups excluding carboxylic acids is 1. The topological polar surface area (TPSA) is 101 Å². The minimum atomic E-state index is -4.01. The van der Waals surface area contributed by atoms with E-state index in [0.717, 1.165) is 29.7 Å². The number of sulfonamides is 1. The van der Waals surface area contributed by atoms with Crippen molar-refractivity contribution in [3.8, 4) is 0 Å². The first kappa shape index (κ1) is 22.8. The SMILES string of the molecule is CCCCNc1cc(/C=C2/C(=O)Nc3ccccc32)cc(S(N)(=O)=O)c1Cc1ccccc1. The van der Waals surface area contributed by atoms with Crippen LogP contribution in [0.3, 0.4) is 0 Å². The Morgan fingerprint density at radius 3 is 2.48 bits per heavy atom. The summed E-state index contributed by atoms with van der Waals surface area (Å²) in [6.07, 6.45) is 4.08. The molecule has 1 heterocycles.